The monoisotopic (exact) mass is 440 g/mol. The van der Waals surface area contributed by atoms with E-state index in [1.807, 2.05) is 24.3 Å². The number of hydrogen-bond acceptors (Lipinski definition) is 6. The topological polar surface area (TPSA) is 79.5 Å². The van der Waals surface area contributed by atoms with Gasteiger partial charge in [-0.15, -0.1) is 11.3 Å². The van der Waals surface area contributed by atoms with Gasteiger partial charge in [-0.2, -0.15) is 0 Å². The summed E-state index contributed by atoms with van der Waals surface area (Å²) >= 11 is 7.34. The third kappa shape index (κ3) is 4.70. The lowest BCUT2D eigenvalue weighted by molar-refractivity contribution is -0.130. The van der Waals surface area contributed by atoms with Crippen LogP contribution in [0.25, 0.3) is 17.0 Å². The first-order valence-electron chi connectivity index (χ1n) is 9.58. The molecule has 0 saturated carbocycles. The zero-order valence-corrected chi connectivity index (χ0v) is 17.8. The number of aromatic nitrogens is 1. The van der Waals surface area contributed by atoms with Crippen molar-refractivity contribution in [3.05, 3.63) is 63.3 Å². The maximum atomic E-state index is 12.5. The van der Waals surface area contributed by atoms with Crippen molar-refractivity contribution in [2.24, 2.45) is 0 Å². The average Bonchev–Trinajstić information content (AvgIpc) is 3.17. The number of fused-ring (bicyclic) bond motifs is 1. The van der Waals surface area contributed by atoms with Gasteiger partial charge in [0.2, 0.25) is 5.91 Å². The molecule has 0 bridgehead atoms. The van der Waals surface area contributed by atoms with Crippen LogP contribution in [0.1, 0.15) is 10.4 Å². The Balaban J connectivity index is 1.41. The van der Waals surface area contributed by atoms with Crippen LogP contribution in [0.3, 0.4) is 0 Å². The Hall–Kier alpha value is -2.74. The SMILES string of the molecule is Nc1ccc2cc(CN3CCN(C(=O)/C=C/c4ccc(Cl)s4)CC3C=O)ccc2n1. The number of aldehydes is 1. The minimum atomic E-state index is -0.340. The van der Waals surface area contributed by atoms with Gasteiger partial charge in [0.1, 0.15) is 12.1 Å². The van der Waals surface area contributed by atoms with Crippen molar-refractivity contribution in [3.63, 3.8) is 0 Å². The molecule has 1 atom stereocenters. The number of pyridine rings is 1. The van der Waals surface area contributed by atoms with Crippen LogP contribution in [0.5, 0.6) is 0 Å². The molecule has 8 heteroatoms. The van der Waals surface area contributed by atoms with E-state index in [0.29, 0.717) is 36.3 Å². The van der Waals surface area contributed by atoms with E-state index < -0.39 is 0 Å². The van der Waals surface area contributed by atoms with Crippen molar-refractivity contribution in [2.75, 3.05) is 25.4 Å². The number of nitrogen functional groups attached to an aromatic ring is 1. The highest BCUT2D eigenvalue weighted by Gasteiger charge is 2.28. The fraction of sp³-hybridized carbons (Fsp3) is 0.227. The number of halogens is 1. The molecule has 3 heterocycles. The van der Waals surface area contributed by atoms with Crippen LogP contribution in [0.2, 0.25) is 4.34 Å². The van der Waals surface area contributed by atoms with Gasteiger partial charge in [0.15, 0.2) is 0 Å². The lowest BCUT2D eigenvalue weighted by Crippen LogP contribution is -2.54. The standard InChI is InChI=1S/C22H21ClN4O2S/c23-20-6-3-18(30-20)4-8-22(29)27-10-9-26(17(13-27)14-28)12-15-1-5-19-16(11-15)2-7-21(24)25-19/h1-8,11,14,17H,9-10,12-13H2,(H2,24,25)/b8-4+. The van der Waals surface area contributed by atoms with Gasteiger partial charge in [0.05, 0.1) is 15.9 Å². The van der Waals surface area contributed by atoms with Gasteiger partial charge < -0.3 is 15.4 Å². The zero-order chi connectivity index (χ0) is 21.1. The first-order valence-corrected chi connectivity index (χ1v) is 10.8. The third-order valence-electron chi connectivity index (χ3n) is 5.15. The number of carbonyl (C=O) groups excluding carboxylic acids is 2. The molecular weight excluding hydrogens is 420 g/mol. The Labute approximate surface area is 183 Å². The second-order valence-electron chi connectivity index (χ2n) is 7.20. The van der Waals surface area contributed by atoms with E-state index in [1.165, 1.54) is 11.3 Å². The van der Waals surface area contributed by atoms with Crippen LogP contribution in [0.4, 0.5) is 5.82 Å². The Morgan fingerprint density at radius 2 is 2.10 bits per heavy atom. The molecule has 30 heavy (non-hydrogen) atoms. The lowest BCUT2D eigenvalue weighted by Gasteiger charge is -2.38. The third-order valence-corrected chi connectivity index (χ3v) is 6.34. The second-order valence-corrected chi connectivity index (χ2v) is 8.94. The molecule has 0 radical (unpaired) electrons. The normalized spacial score (nSPS) is 17.6. The van der Waals surface area contributed by atoms with Gasteiger partial charge in [-0.1, -0.05) is 17.7 Å². The molecule has 1 aromatic carbocycles. The van der Waals surface area contributed by atoms with Crippen LogP contribution < -0.4 is 5.73 Å². The van der Waals surface area contributed by atoms with Crippen LogP contribution in [-0.4, -0.2) is 52.7 Å². The predicted molar refractivity (Wildman–Crippen MR) is 121 cm³/mol. The molecule has 1 saturated heterocycles. The average molecular weight is 441 g/mol. The predicted octanol–water partition coefficient (Wildman–Crippen LogP) is 3.46. The van der Waals surface area contributed by atoms with E-state index >= 15 is 0 Å². The van der Waals surface area contributed by atoms with E-state index in [4.69, 9.17) is 17.3 Å². The molecule has 1 aliphatic rings. The summed E-state index contributed by atoms with van der Waals surface area (Å²) in [5.74, 6) is 0.397. The number of anilines is 1. The first kappa shape index (κ1) is 20.5. The number of piperazine rings is 1. The van der Waals surface area contributed by atoms with Gasteiger partial charge in [0, 0.05) is 42.5 Å². The summed E-state index contributed by atoms with van der Waals surface area (Å²) in [6, 6.07) is 13.1. The van der Waals surface area contributed by atoms with Crippen molar-refractivity contribution < 1.29 is 9.59 Å². The number of nitrogens with two attached hydrogens (primary N) is 1. The Morgan fingerprint density at radius 1 is 1.23 bits per heavy atom. The van der Waals surface area contributed by atoms with Gasteiger partial charge in [-0.3, -0.25) is 9.69 Å². The highest BCUT2D eigenvalue weighted by molar-refractivity contribution is 7.17. The summed E-state index contributed by atoms with van der Waals surface area (Å²) in [6.45, 7) is 2.22. The van der Waals surface area contributed by atoms with Gasteiger partial charge in [0.25, 0.3) is 0 Å². The van der Waals surface area contributed by atoms with Crippen molar-refractivity contribution in [3.8, 4) is 0 Å². The molecule has 154 valence electrons. The van der Waals surface area contributed by atoms with Crippen LogP contribution in [0, 0.1) is 0 Å². The molecule has 3 aromatic rings. The number of carbonyl (C=O) groups is 2. The lowest BCUT2D eigenvalue weighted by atomic mass is 10.1. The molecular formula is C22H21ClN4O2S. The van der Waals surface area contributed by atoms with Crippen molar-refractivity contribution in [1.82, 2.24) is 14.8 Å². The Morgan fingerprint density at radius 3 is 2.87 bits per heavy atom. The summed E-state index contributed by atoms with van der Waals surface area (Å²) in [5.41, 5.74) is 7.68. The highest BCUT2D eigenvalue weighted by Crippen LogP contribution is 2.23. The second kappa shape index (κ2) is 8.95. The largest absolute Gasteiger partial charge is 0.384 e. The minimum Gasteiger partial charge on any atom is -0.384 e. The summed E-state index contributed by atoms with van der Waals surface area (Å²) in [5, 5.41) is 1.01. The molecule has 2 aromatic heterocycles. The molecule has 1 amide bonds. The number of benzene rings is 1. The molecule has 4 rings (SSSR count). The number of nitrogens with zero attached hydrogens (tertiary/aromatic N) is 3. The van der Waals surface area contributed by atoms with Crippen LogP contribution in [0.15, 0.2) is 48.5 Å². The summed E-state index contributed by atoms with van der Waals surface area (Å²) in [6.07, 6.45) is 4.23. The molecule has 2 N–H and O–H groups in total. The van der Waals surface area contributed by atoms with Crippen molar-refractivity contribution in [1.29, 1.82) is 0 Å². The number of amides is 1. The molecule has 6 nitrogen and oxygen atoms in total. The minimum absolute atomic E-state index is 0.0969. The van der Waals surface area contributed by atoms with E-state index in [9.17, 15) is 9.59 Å². The van der Waals surface area contributed by atoms with Gasteiger partial charge >= 0.3 is 0 Å². The fourth-order valence-electron chi connectivity index (χ4n) is 3.57. The van der Waals surface area contributed by atoms with E-state index in [2.05, 4.69) is 16.0 Å². The smallest absolute Gasteiger partial charge is 0.246 e. The number of rotatable bonds is 5. The maximum absolute atomic E-state index is 12.5. The van der Waals surface area contributed by atoms with Gasteiger partial charge in [-0.05, 0) is 48.0 Å². The summed E-state index contributed by atoms with van der Waals surface area (Å²) in [7, 11) is 0. The van der Waals surface area contributed by atoms with E-state index in [0.717, 1.165) is 27.6 Å². The van der Waals surface area contributed by atoms with Crippen molar-refractivity contribution in [2.45, 2.75) is 12.6 Å². The molecule has 1 aliphatic heterocycles. The molecule has 0 aliphatic carbocycles. The van der Waals surface area contributed by atoms with E-state index in [-0.39, 0.29) is 11.9 Å². The maximum Gasteiger partial charge on any atom is 0.246 e. The molecule has 0 spiro atoms. The molecule has 1 unspecified atom stereocenters. The van der Waals surface area contributed by atoms with Crippen LogP contribution >= 0.6 is 22.9 Å². The number of thiophene rings is 1. The Bertz CT molecular complexity index is 1110. The Kier molecular flexibility index (Phi) is 6.13. The highest BCUT2D eigenvalue weighted by atomic mass is 35.5. The molecule has 1 fully saturated rings. The quantitative estimate of drug-likeness (QED) is 0.485. The van der Waals surface area contributed by atoms with Crippen LogP contribution in [-0.2, 0) is 16.1 Å². The van der Waals surface area contributed by atoms with E-state index in [1.54, 1.807) is 29.2 Å². The fourth-order valence-corrected chi connectivity index (χ4v) is 4.54. The van der Waals surface area contributed by atoms with Crippen molar-refractivity contribution >= 4 is 57.9 Å². The zero-order valence-electron chi connectivity index (χ0n) is 16.2. The number of hydrogen-bond donors (Lipinski definition) is 1. The summed E-state index contributed by atoms with van der Waals surface area (Å²) < 4.78 is 0.685. The first-order chi connectivity index (χ1) is 14.5. The van der Waals surface area contributed by atoms with Gasteiger partial charge in [-0.25, -0.2) is 4.98 Å². The summed E-state index contributed by atoms with van der Waals surface area (Å²) in [4.78, 5) is 33.3.